The fraction of sp³-hybridized carbons (Fsp3) is 0.167. The van der Waals surface area contributed by atoms with Gasteiger partial charge in [0, 0.05) is 11.6 Å². The Balaban J connectivity index is 0.000000291. The quantitative estimate of drug-likeness (QED) is 0.643. The summed E-state index contributed by atoms with van der Waals surface area (Å²) in [6, 6.07) is 0. The maximum Gasteiger partial charge on any atom is 0.115 e. The van der Waals surface area contributed by atoms with Gasteiger partial charge in [0.2, 0.25) is 0 Å². The van der Waals surface area contributed by atoms with Crippen molar-refractivity contribution in [3.63, 3.8) is 0 Å². The van der Waals surface area contributed by atoms with E-state index < -0.39 is 0 Å². The lowest BCUT2D eigenvalue weighted by Crippen LogP contribution is -1.69. The van der Waals surface area contributed by atoms with Crippen molar-refractivity contribution >= 4 is 17.4 Å². The van der Waals surface area contributed by atoms with Crippen molar-refractivity contribution < 1.29 is 0 Å². The molecule has 0 saturated carbocycles. The summed E-state index contributed by atoms with van der Waals surface area (Å²) in [5.74, 6) is 0. The van der Waals surface area contributed by atoms with Crippen molar-refractivity contribution in [2.24, 2.45) is 5.73 Å². The molecule has 0 radical (unpaired) electrons. The highest BCUT2D eigenvalue weighted by atomic mass is 32.1. The Labute approximate surface area is 59.0 Å². The molecule has 1 aromatic heterocycles. The number of thiazole rings is 1. The van der Waals surface area contributed by atoms with Crippen molar-refractivity contribution in [2.75, 3.05) is 7.05 Å². The van der Waals surface area contributed by atoms with Crippen LogP contribution in [0.25, 0.3) is 6.08 Å². The molecule has 0 unspecified atom stereocenters. The van der Waals surface area contributed by atoms with E-state index in [0.717, 1.165) is 5.01 Å². The molecule has 0 amide bonds. The lowest BCUT2D eigenvalue weighted by molar-refractivity contribution is 1.40. The molecular formula is C6H10N2S. The van der Waals surface area contributed by atoms with Crippen molar-refractivity contribution in [2.45, 2.75) is 0 Å². The zero-order valence-corrected chi connectivity index (χ0v) is 6.19. The Hall–Kier alpha value is -0.670. The molecule has 0 aliphatic heterocycles. The van der Waals surface area contributed by atoms with Crippen LogP contribution >= 0.6 is 11.3 Å². The summed E-state index contributed by atoms with van der Waals surface area (Å²) < 4.78 is 0. The maximum absolute atomic E-state index is 4.50. The molecule has 0 atom stereocenters. The predicted molar refractivity (Wildman–Crippen MR) is 42.3 cm³/mol. The monoisotopic (exact) mass is 142 g/mol. The van der Waals surface area contributed by atoms with Gasteiger partial charge in [-0.3, -0.25) is 0 Å². The molecule has 0 saturated heterocycles. The average Bonchev–Trinajstić information content (AvgIpc) is 2.43. The van der Waals surface area contributed by atoms with Crippen LogP contribution in [0.2, 0.25) is 0 Å². The molecule has 2 nitrogen and oxygen atoms in total. The Kier molecular flexibility index (Phi) is 5.06. The summed E-state index contributed by atoms with van der Waals surface area (Å²) in [4.78, 5) is 3.94. The van der Waals surface area contributed by atoms with Crippen molar-refractivity contribution in [3.05, 3.63) is 23.2 Å². The Morgan fingerprint density at radius 2 is 2.44 bits per heavy atom. The van der Waals surface area contributed by atoms with Gasteiger partial charge in [-0.05, 0) is 13.1 Å². The number of hydrogen-bond acceptors (Lipinski definition) is 3. The van der Waals surface area contributed by atoms with Crippen molar-refractivity contribution in [1.29, 1.82) is 0 Å². The van der Waals surface area contributed by atoms with Crippen LogP contribution in [0.3, 0.4) is 0 Å². The second-order valence-corrected chi connectivity index (χ2v) is 2.00. The van der Waals surface area contributed by atoms with Gasteiger partial charge in [0.25, 0.3) is 0 Å². The molecule has 1 heterocycles. The highest BCUT2D eigenvalue weighted by molar-refractivity contribution is 7.10. The first-order valence-electron chi connectivity index (χ1n) is 2.53. The van der Waals surface area contributed by atoms with Gasteiger partial charge in [-0.25, -0.2) is 4.98 Å². The van der Waals surface area contributed by atoms with E-state index in [9.17, 15) is 0 Å². The third-order valence-electron chi connectivity index (χ3n) is 0.626. The number of nitrogens with two attached hydrogens (primary N) is 1. The van der Waals surface area contributed by atoms with E-state index in [1.807, 2.05) is 5.38 Å². The first-order chi connectivity index (χ1) is 4.43. The minimum absolute atomic E-state index is 0.986. The van der Waals surface area contributed by atoms with E-state index in [-0.39, 0.29) is 0 Å². The molecule has 2 N–H and O–H groups in total. The van der Waals surface area contributed by atoms with Gasteiger partial charge in [0.15, 0.2) is 0 Å². The average molecular weight is 142 g/mol. The van der Waals surface area contributed by atoms with Crippen molar-refractivity contribution in [1.82, 2.24) is 4.98 Å². The standard InChI is InChI=1S/C5H5NS.CH5N/c1-2-5-6-3-4-7-5;1-2/h2-4H,1H2;2H2,1H3. The first-order valence-corrected chi connectivity index (χ1v) is 3.41. The van der Waals surface area contributed by atoms with Gasteiger partial charge < -0.3 is 5.73 Å². The summed E-state index contributed by atoms with van der Waals surface area (Å²) in [6.45, 7) is 3.55. The fourth-order valence-electron chi connectivity index (χ4n) is 0.335. The summed E-state index contributed by atoms with van der Waals surface area (Å²) >= 11 is 1.59. The molecule has 50 valence electrons. The van der Waals surface area contributed by atoms with Crippen LogP contribution in [0.4, 0.5) is 0 Å². The SMILES string of the molecule is C=Cc1nccs1.CN. The van der Waals surface area contributed by atoms with Crippen LogP contribution in [0.15, 0.2) is 18.2 Å². The second-order valence-electron chi connectivity index (χ2n) is 1.07. The molecule has 0 bridgehead atoms. The molecule has 3 heteroatoms. The predicted octanol–water partition coefficient (Wildman–Crippen LogP) is 1.36. The third-order valence-corrected chi connectivity index (χ3v) is 1.40. The van der Waals surface area contributed by atoms with Crippen LogP contribution in [-0.4, -0.2) is 12.0 Å². The van der Waals surface area contributed by atoms with Crippen LogP contribution in [-0.2, 0) is 0 Å². The van der Waals surface area contributed by atoms with Crippen LogP contribution in [0.1, 0.15) is 5.01 Å². The third kappa shape index (κ3) is 3.00. The molecule has 0 aliphatic carbocycles. The van der Waals surface area contributed by atoms with Gasteiger partial charge in [-0.1, -0.05) is 6.58 Å². The van der Waals surface area contributed by atoms with Gasteiger partial charge in [-0.2, -0.15) is 0 Å². The summed E-state index contributed by atoms with van der Waals surface area (Å²) in [6.07, 6.45) is 3.51. The van der Waals surface area contributed by atoms with E-state index in [4.69, 9.17) is 0 Å². The maximum atomic E-state index is 4.50. The summed E-state index contributed by atoms with van der Waals surface area (Å²) in [5.41, 5.74) is 4.50. The van der Waals surface area contributed by atoms with E-state index in [0.29, 0.717) is 0 Å². The molecule has 0 spiro atoms. The number of aromatic nitrogens is 1. The highest BCUT2D eigenvalue weighted by Crippen LogP contribution is 2.03. The van der Waals surface area contributed by atoms with Gasteiger partial charge in [-0.15, -0.1) is 11.3 Å². The molecule has 0 fully saturated rings. The van der Waals surface area contributed by atoms with E-state index in [1.165, 1.54) is 7.05 Å². The highest BCUT2D eigenvalue weighted by Gasteiger charge is 1.80. The number of rotatable bonds is 1. The Bertz CT molecular complexity index is 146. The second kappa shape index (κ2) is 5.47. The van der Waals surface area contributed by atoms with Crippen LogP contribution < -0.4 is 5.73 Å². The molecule has 0 aliphatic rings. The lowest BCUT2D eigenvalue weighted by atomic mass is 10.7. The zero-order valence-electron chi connectivity index (χ0n) is 5.37. The summed E-state index contributed by atoms with van der Waals surface area (Å²) in [5, 5.41) is 2.91. The molecule has 0 aromatic carbocycles. The molecular weight excluding hydrogens is 132 g/mol. The minimum Gasteiger partial charge on any atom is -0.333 e. The van der Waals surface area contributed by atoms with Crippen LogP contribution in [0, 0.1) is 0 Å². The van der Waals surface area contributed by atoms with Gasteiger partial charge in [0.05, 0.1) is 0 Å². The Morgan fingerprint density at radius 3 is 2.67 bits per heavy atom. The number of nitrogens with zero attached hydrogens (tertiary/aromatic N) is 1. The Morgan fingerprint density at radius 1 is 1.78 bits per heavy atom. The first kappa shape index (κ1) is 8.33. The number of hydrogen-bond donors (Lipinski definition) is 1. The van der Waals surface area contributed by atoms with E-state index >= 15 is 0 Å². The largest absolute Gasteiger partial charge is 0.333 e. The fourth-order valence-corrected chi connectivity index (χ4v) is 0.814. The topological polar surface area (TPSA) is 38.9 Å². The van der Waals surface area contributed by atoms with E-state index in [1.54, 1.807) is 23.6 Å². The normalized spacial score (nSPS) is 7.33. The summed E-state index contributed by atoms with van der Waals surface area (Å²) in [7, 11) is 1.50. The van der Waals surface area contributed by atoms with Gasteiger partial charge >= 0.3 is 0 Å². The van der Waals surface area contributed by atoms with Crippen molar-refractivity contribution in [3.8, 4) is 0 Å². The van der Waals surface area contributed by atoms with Gasteiger partial charge in [0.1, 0.15) is 5.01 Å². The van der Waals surface area contributed by atoms with Crippen LogP contribution in [0.5, 0.6) is 0 Å². The van der Waals surface area contributed by atoms with E-state index in [2.05, 4.69) is 17.3 Å². The molecule has 1 rings (SSSR count). The molecule has 1 aromatic rings. The smallest absolute Gasteiger partial charge is 0.115 e. The lowest BCUT2D eigenvalue weighted by Gasteiger charge is -1.70. The minimum atomic E-state index is 0.986. The molecule has 9 heavy (non-hydrogen) atoms. The zero-order chi connectivity index (χ0) is 7.11.